The van der Waals surface area contributed by atoms with Gasteiger partial charge < -0.3 is 25.4 Å². The zero-order valence-electron chi connectivity index (χ0n) is 11.5. The molecule has 130 valence electrons. The summed E-state index contributed by atoms with van der Waals surface area (Å²) in [5, 5.41) is 9.85. The van der Waals surface area contributed by atoms with Crippen LogP contribution in [-0.2, 0) is 13.8 Å². The van der Waals surface area contributed by atoms with Gasteiger partial charge in [0.25, 0.3) is 0 Å². The van der Waals surface area contributed by atoms with E-state index in [4.69, 9.17) is 20.3 Å². The minimum Gasteiger partial charge on any atom is -0.387 e. The number of rotatable bonds is 5. The Labute approximate surface area is 127 Å². The monoisotopic (exact) mass is 357 g/mol. The van der Waals surface area contributed by atoms with Gasteiger partial charge in [0, 0.05) is 6.20 Å². The van der Waals surface area contributed by atoms with Gasteiger partial charge in [-0.15, -0.1) is 0 Å². The number of nitrogens with zero attached hydrogens (tertiary/aromatic N) is 2. The molecule has 2 heterocycles. The van der Waals surface area contributed by atoms with Gasteiger partial charge in [-0.05, 0) is 6.07 Å². The number of phosphoric ester groups is 1. The SMILES string of the molecule is Nc1ccn(C2OC(CF)(COP(=O)(O)O)[C@@H](O)[C@H]2F)c(=O)n1. The van der Waals surface area contributed by atoms with Gasteiger partial charge in [-0.1, -0.05) is 0 Å². The number of ether oxygens (including phenoxy) is 1. The standard InChI is InChI=1S/C10H14F2N3O7P/c11-3-10(4-21-23(18,19)20)7(16)6(12)8(22-10)15-2-1-5(13)14-9(15)17/h1-2,6-8,16H,3-4H2,(H2,13,14,17)(H2,18,19,20)/t6-,7+,8?,10?/m1/s1. The van der Waals surface area contributed by atoms with Gasteiger partial charge in [0.15, 0.2) is 18.0 Å². The molecular weight excluding hydrogens is 343 g/mol. The number of halogens is 2. The molecule has 23 heavy (non-hydrogen) atoms. The van der Waals surface area contributed by atoms with Crippen LogP contribution in [0.2, 0.25) is 0 Å². The third kappa shape index (κ3) is 3.57. The highest BCUT2D eigenvalue weighted by Gasteiger charge is 2.57. The molecule has 1 aromatic heterocycles. The Morgan fingerprint density at radius 3 is 2.74 bits per heavy atom. The third-order valence-corrected chi connectivity index (χ3v) is 3.76. The van der Waals surface area contributed by atoms with Crippen molar-refractivity contribution >= 4 is 13.6 Å². The van der Waals surface area contributed by atoms with Crippen molar-refractivity contribution in [2.24, 2.45) is 0 Å². The lowest BCUT2D eigenvalue weighted by Gasteiger charge is -2.28. The smallest absolute Gasteiger partial charge is 0.387 e. The molecule has 0 bridgehead atoms. The number of aliphatic hydroxyl groups is 1. The number of nitrogens with two attached hydrogens (primary N) is 1. The lowest BCUT2D eigenvalue weighted by atomic mass is 9.98. The zero-order valence-corrected chi connectivity index (χ0v) is 12.3. The maximum Gasteiger partial charge on any atom is 0.469 e. The van der Waals surface area contributed by atoms with Crippen molar-refractivity contribution in [1.29, 1.82) is 0 Å². The van der Waals surface area contributed by atoms with Gasteiger partial charge in [0.05, 0.1) is 6.61 Å². The van der Waals surface area contributed by atoms with Crippen molar-refractivity contribution in [2.75, 3.05) is 19.0 Å². The molecule has 0 radical (unpaired) electrons. The Bertz CT molecular complexity index is 683. The van der Waals surface area contributed by atoms with Crippen molar-refractivity contribution < 1.29 is 37.5 Å². The van der Waals surface area contributed by atoms with Crippen molar-refractivity contribution in [3.63, 3.8) is 0 Å². The highest BCUT2D eigenvalue weighted by molar-refractivity contribution is 7.46. The second kappa shape index (κ2) is 6.23. The van der Waals surface area contributed by atoms with Gasteiger partial charge in [0.2, 0.25) is 0 Å². The summed E-state index contributed by atoms with van der Waals surface area (Å²) in [4.78, 5) is 32.3. The van der Waals surface area contributed by atoms with Crippen LogP contribution >= 0.6 is 7.82 Å². The first-order valence-corrected chi connectivity index (χ1v) is 7.73. The number of alkyl halides is 2. The highest BCUT2D eigenvalue weighted by atomic mass is 31.2. The van der Waals surface area contributed by atoms with Gasteiger partial charge in [-0.25, -0.2) is 18.1 Å². The van der Waals surface area contributed by atoms with Crippen molar-refractivity contribution in [3.05, 3.63) is 22.7 Å². The summed E-state index contributed by atoms with van der Waals surface area (Å²) in [7, 11) is -5.01. The number of phosphoric acid groups is 1. The molecular formula is C10H14F2N3O7P. The van der Waals surface area contributed by atoms with Crippen LogP contribution in [0.25, 0.3) is 0 Å². The predicted octanol–water partition coefficient (Wildman–Crippen LogP) is -1.13. The minimum absolute atomic E-state index is 0.137. The van der Waals surface area contributed by atoms with Crippen LogP contribution in [0.4, 0.5) is 14.6 Å². The highest BCUT2D eigenvalue weighted by Crippen LogP contribution is 2.43. The second-order valence-electron chi connectivity index (χ2n) is 4.90. The first-order chi connectivity index (χ1) is 10.6. The van der Waals surface area contributed by atoms with Crippen molar-refractivity contribution in [2.45, 2.75) is 24.1 Å². The van der Waals surface area contributed by atoms with E-state index in [-0.39, 0.29) is 5.82 Å². The van der Waals surface area contributed by atoms with E-state index in [0.717, 1.165) is 12.3 Å². The molecule has 1 fully saturated rings. The lowest BCUT2D eigenvalue weighted by molar-refractivity contribution is -0.136. The van der Waals surface area contributed by atoms with E-state index in [1.165, 1.54) is 0 Å². The summed E-state index contributed by atoms with van der Waals surface area (Å²) in [6.07, 6.45) is -5.13. The zero-order chi connectivity index (χ0) is 17.4. The fourth-order valence-electron chi connectivity index (χ4n) is 2.11. The van der Waals surface area contributed by atoms with Crippen LogP contribution in [0, 0.1) is 0 Å². The van der Waals surface area contributed by atoms with Crippen LogP contribution in [-0.4, -0.2) is 55.6 Å². The predicted molar refractivity (Wildman–Crippen MR) is 70.6 cm³/mol. The van der Waals surface area contributed by atoms with Gasteiger partial charge in [0.1, 0.15) is 18.6 Å². The van der Waals surface area contributed by atoms with E-state index in [1.54, 1.807) is 0 Å². The Morgan fingerprint density at radius 2 is 2.22 bits per heavy atom. The normalized spacial score (nSPS) is 31.4. The summed E-state index contributed by atoms with van der Waals surface area (Å²) in [6.45, 7) is -2.63. The van der Waals surface area contributed by atoms with E-state index in [9.17, 15) is 23.2 Å². The first-order valence-electron chi connectivity index (χ1n) is 6.20. The van der Waals surface area contributed by atoms with Crippen molar-refractivity contribution in [1.82, 2.24) is 9.55 Å². The van der Waals surface area contributed by atoms with Gasteiger partial charge in [-0.2, -0.15) is 4.98 Å². The Balaban J connectivity index is 2.32. The molecule has 0 aromatic carbocycles. The van der Waals surface area contributed by atoms with Crippen LogP contribution < -0.4 is 11.4 Å². The molecule has 1 aliphatic heterocycles. The molecule has 0 saturated carbocycles. The number of nitrogen functional groups attached to an aromatic ring is 1. The van der Waals surface area contributed by atoms with Crippen molar-refractivity contribution in [3.8, 4) is 0 Å². The average molecular weight is 357 g/mol. The number of aromatic nitrogens is 2. The summed E-state index contributed by atoms with van der Waals surface area (Å²) >= 11 is 0. The second-order valence-corrected chi connectivity index (χ2v) is 6.14. The number of hydrogen-bond donors (Lipinski definition) is 4. The summed E-state index contributed by atoms with van der Waals surface area (Å²) in [5.74, 6) is -0.137. The van der Waals surface area contributed by atoms with Crippen LogP contribution in [0.15, 0.2) is 17.1 Å². The Hall–Kier alpha value is -1.43. The van der Waals surface area contributed by atoms with E-state index in [2.05, 4.69) is 9.51 Å². The number of aliphatic hydroxyl groups excluding tert-OH is 1. The third-order valence-electron chi connectivity index (χ3n) is 3.30. The molecule has 1 saturated heterocycles. The molecule has 0 amide bonds. The maximum atomic E-state index is 14.2. The first kappa shape index (κ1) is 17.9. The molecule has 4 atom stereocenters. The molecule has 13 heteroatoms. The molecule has 10 nitrogen and oxygen atoms in total. The molecule has 0 spiro atoms. The number of hydrogen-bond acceptors (Lipinski definition) is 7. The van der Waals surface area contributed by atoms with Crippen LogP contribution in [0.5, 0.6) is 0 Å². The number of anilines is 1. The van der Waals surface area contributed by atoms with E-state index in [0.29, 0.717) is 4.57 Å². The molecule has 1 aliphatic rings. The largest absolute Gasteiger partial charge is 0.469 e. The summed E-state index contributed by atoms with van der Waals surface area (Å²) in [6, 6.07) is 1.16. The fourth-order valence-corrected chi connectivity index (χ4v) is 2.50. The Morgan fingerprint density at radius 1 is 1.57 bits per heavy atom. The van der Waals surface area contributed by atoms with E-state index < -0.39 is 50.9 Å². The summed E-state index contributed by atoms with van der Waals surface area (Å²) in [5.41, 5.74) is 1.90. The van der Waals surface area contributed by atoms with Gasteiger partial charge >= 0.3 is 13.5 Å². The minimum atomic E-state index is -5.01. The molecule has 5 N–H and O–H groups in total. The van der Waals surface area contributed by atoms with Crippen LogP contribution in [0.1, 0.15) is 6.23 Å². The topological polar surface area (TPSA) is 157 Å². The average Bonchev–Trinajstić information content (AvgIpc) is 2.70. The van der Waals surface area contributed by atoms with E-state index >= 15 is 0 Å². The Kier molecular flexibility index (Phi) is 4.85. The molecule has 1 aromatic rings. The van der Waals surface area contributed by atoms with Crippen LogP contribution in [0.3, 0.4) is 0 Å². The lowest BCUT2D eigenvalue weighted by Crippen LogP contribution is -2.48. The molecule has 2 rings (SSSR count). The quantitative estimate of drug-likeness (QED) is 0.479. The maximum absolute atomic E-state index is 14.2. The summed E-state index contributed by atoms with van der Waals surface area (Å²) < 4.78 is 48.0. The van der Waals surface area contributed by atoms with E-state index in [1.807, 2.05) is 0 Å². The van der Waals surface area contributed by atoms with Gasteiger partial charge in [-0.3, -0.25) is 9.09 Å². The fraction of sp³-hybridized carbons (Fsp3) is 0.600. The molecule has 0 aliphatic carbocycles. The molecule has 2 unspecified atom stereocenters.